The Morgan fingerprint density at radius 2 is 1.53 bits per heavy atom. The fraction of sp³-hybridized carbons (Fsp3) is 0.125. The molecule has 0 spiro atoms. The Balaban J connectivity index is 2.14. The Kier molecular flexibility index (Phi) is 3.13. The van der Waals surface area contributed by atoms with Gasteiger partial charge >= 0.3 is 0 Å². The van der Waals surface area contributed by atoms with Crippen molar-refractivity contribution in [3.05, 3.63) is 48.5 Å². The second-order valence-corrected chi connectivity index (χ2v) is 5.33. The van der Waals surface area contributed by atoms with E-state index in [1.54, 1.807) is 25.6 Å². The summed E-state index contributed by atoms with van der Waals surface area (Å²) in [5, 5.41) is 1.27. The van der Waals surface area contributed by atoms with E-state index in [0.29, 0.717) is 0 Å². The lowest BCUT2D eigenvalue weighted by Gasteiger charge is -2.06. The average molecular weight is 270 g/mol. The summed E-state index contributed by atoms with van der Waals surface area (Å²) in [6, 6.07) is 16.6. The summed E-state index contributed by atoms with van der Waals surface area (Å²) in [4.78, 5) is 1.22. The van der Waals surface area contributed by atoms with E-state index in [1.165, 1.54) is 15.0 Å². The van der Waals surface area contributed by atoms with Gasteiger partial charge in [0.1, 0.15) is 11.5 Å². The van der Waals surface area contributed by atoms with Crippen LogP contribution in [0.25, 0.3) is 20.5 Å². The zero-order valence-corrected chi connectivity index (χ0v) is 11.7. The van der Waals surface area contributed by atoms with Crippen LogP contribution in [0.15, 0.2) is 48.5 Å². The molecule has 0 unspecified atom stereocenters. The van der Waals surface area contributed by atoms with Gasteiger partial charge in [0, 0.05) is 15.6 Å². The van der Waals surface area contributed by atoms with E-state index in [-0.39, 0.29) is 0 Å². The molecule has 0 radical (unpaired) electrons. The molecule has 3 aromatic rings. The molecule has 1 aromatic heterocycles. The minimum absolute atomic E-state index is 0.812. The maximum atomic E-state index is 5.32. The van der Waals surface area contributed by atoms with Crippen LogP contribution in [-0.2, 0) is 0 Å². The standard InChI is InChI=1S/C16H14O2S/c1-17-13-7-12(8-14(10-13)18-2)16-9-11-5-3-4-6-15(11)19-16/h3-10H,1-2H3. The van der Waals surface area contributed by atoms with E-state index < -0.39 is 0 Å². The summed E-state index contributed by atoms with van der Waals surface area (Å²) in [5.74, 6) is 1.62. The minimum Gasteiger partial charge on any atom is -0.497 e. The Morgan fingerprint density at radius 3 is 2.16 bits per heavy atom. The lowest BCUT2D eigenvalue weighted by Crippen LogP contribution is -1.87. The highest BCUT2D eigenvalue weighted by Gasteiger charge is 2.07. The average Bonchev–Trinajstić information content (AvgIpc) is 2.90. The molecule has 0 saturated heterocycles. The molecule has 0 fully saturated rings. The number of methoxy groups -OCH3 is 2. The first-order valence-corrected chi connectivity index (χ1v) is 6.84. The van der Waals surface area contributed by atoms with Gasteiger partial charge in [0.25, 0.3) is 0 Å². The predicted octanol–water partition coefficient (Wildman–Crippen LogP) is 4.59. The van der Waals surface area contributed by atoms with Crippen LogP contribution >= 0.6 is 11.3 Å². The summed E-state index contributed by atoms with van der Waals surface area (Å²) in [6.07, 6.45) is 0. The number of rotatable bonds is 3. The van der Waals surface area contributed by atoms with Crippen molar-refractivity contribution in [2.24, 2.45) is 0 Å². The zero-order chi connectivity index (χ0) is 13.2. The van der Waals surface area contributed by atoms with Gasteiger partial charge < -0.3 is 9.47 Å². The molecule has 19 heavy (non-hydrogen) atoms. The molecule has 1 heterocycles. The van der Waals surface area contributed by atoms with Crippen LogP contribution in [0.2, 0.25) is 0 Å². The number of hydrogen-bond donors (Lipinski definition) is 0. The van der Waals surface area contributed by atoms with Crippen LogP contribution in [0.3, 0.4) is 0 Å². The van der Waals surface area contributed by atoms with Gasteiger partial charge in [-0.1, -0.05) is 18.2 Å². The topological polar surface area (TPSA) is 18.5 Å². The van der Waals surface area contributed by atoms with Crippen LogP contribution in [0, 0.1) is 0 Å². The molecule has 0 atom stereocenters. The SMILES string of the molecule is COc1cc(OC)cc(-c2cc3ccccc3s2)c1. The maximum Gasteiger partial charge on any atom is 0.123 e. The molecule has 0 aliphatic rings. The molecule has 0 bridgehead atoms. The number of fused-ring (bicyclic) bond motifs is 1. The molecule has 96 valence electrons. The van der Waals surface area contributed by atoms with E-state index >= 15 is 0 Å². The summed E-state index contributed by atoms with van der Waals surface area (Å²) in [5.41, 5.74) is 1.12. The van der Waals surface area contributed by atoms with E-state index in [4.69, 9.17) is 9.47 Å². The summed E-state index contributed by atoms with van der Waals surface area (Å²) in [6.45, 7) is 0. The predicted molar refractivity (Wildman–Crippen MR) is 80.4 cm³/mol. The second kappa shape index (κ2) is 4.94. The van der Waals surface area contributed by atoms with E-state index in [9.17, 15) is 0 Å². The van der Waals surface area contributed by atoms with Crippen molar-refractivity contribution in [1.82, 2.24) is 0 Å². The Labute approximate surface area is 116 Å². The zero-order valence-electron chi connectivity index (χ0n) is 10.8. The molecule has 0 N–H and O–H groups in total. The highest BCUT2D eigenvalue weighted by molar-refractivity contribution is 7.22. The van der Waals surface area contributed by atoms with Crippen molar-refractivity contribution in [1.29, 1.82) is 0 Å². The van der Waals surface area contributed by atoms with Crippen molar-refractivity contribution in [3.63, 3.8) is 0 Å². The first-order chi connectivity index (χ1) is 9.30. The Morgan fingerprint density at radius 1 is 0.842 bits per heavy atom. The van der Waals surface area contributed by atoms with Crippen molar-refractivity contribution in [2.75, 3.05) is 14.2 Å². The molecule has 2 nitrogen and oxygen atoms in total. The Hall–Kier alpha value is -2.00. The van der Waals surface area contributed by atoms with Gasteiger partial charge in [-0.15, -0.1) is 11.3 Å². The summed E-state index contributed by atoms with van der Waals surface area (Å²) in [7, 11) is 3.34. The molecule has 0 amide bonds. The number of thiophene rings is 1. The van der Waals surface area contributed by atoms with Gasteiger partial charge in [-0.05, 0) is 35.2 Å². The third-order valence-corrected chi connectivity index (χ3v) is 4.23. The van der Waals surface area contributed by atoms with Gasteiger partial charge in [0.15, 0.2) is 0 Å². The number of ether oxygens (including phenoxy) is 2. The second-order valence-electron chi connectivity index (χ2n) is 4.25. The molecule has 3 rings (SSSR count). The van der Waals surface area contributed by atoms with Crippen molar-refractivity contribution >= 4 is 21.4 Å². The Bertz CT molecular complexity index is 660. The molecular weight excluding hydrogens is 256 g/mol. The van der Waals surface area contributed by atoms with E-state index in [0.717, 1.165) is 17.1 Å². The van der Waals surface area contributed by atoms with Gasteiger partial charge in [0.05, 0.1) is 14.2 Å². The summed E-state index contributed by atoms with van der Waals surface area (Å²) >= 11 is 1.78. The van der Waals surface area contributed by atoms with Gasteiger partial charge in [0.2, 0.25) is 0 Å². The molecule has 0 saturated carbocycles. The highest BCUT2D eigenvalue weighted by Crippen LogP contribution is 2.36. The minimum atomic E-state index is 0.812. The molecular formula is C16H14O2S. The van der Waals surface area contributed by atoms with Crippen LogP contribution in [0.1, 0.15) is 0 Å². The largest absolute Gasteiger partial charge is 0.497 e. The summed E-state index contributed by atoms with van der Waals surface area (Å²) < 4.78 is 11.9. The first-order valence-electron chi connectivity index (χ1n) is 6.02. The van der Waals surface area contributed by atoms with Crippen LogP contribution < -0.4 is 9.47 Å². The monoisotopic (exact) mass is 270 g/mol. The third-order valence-electron chi connectivity index (χ3n) is 3.06. The van der Waals surface area contributed by atoms with E-state index in [2.05, 4.69) is 30.3 Å². The molecule has 2 aromatic carbocycles. The van der Waals surface area contributed by atoms with Crippen molar-refractivity contribution in [3.8, 4) is 21.9 Å². The van der Waals surface area contributed by atoms with E-state index in [1.807, 2.05) is 18.2 Å². The molecule has 0 aliphatic carbocycles. The first kappa shape index (κ1) is 12.1. The van der Waals surface area contributed by atoms with Crippen LogP contribution in [0.4, 0.5) is 0 Å². The third kappa shape index (κ3) is 2.29. The van der Waals surface area contributed by atoms with Gasteiger partial charge in [-0.25, -0.2) is 0 Å². The van der Waals surface area contributed by atoms with Crippen LogP contribution in [0.5, 0.6) is 11.5 Å². The molecule has 0 aliphatic heterocycles. The lowest BCUT2D eigenvalue weighted by atomic mass is 10.1. The van der Waals surface area contributed by atoms with Gasteiger partial charge in [-0.3, -0.25) is 0 Å². The quantitative estimate of drug-likeness (QED) is 0.693. The maximum absolute atomic E-state index is 5.32. The highest BCUT2D eigenvalue weighted by atomic mass is 32.1. The fourth-order valence-electron chi connectivity index (χ4n) is 2.07. The van der Waals surface area contributed by atoms with Crippen molar-refractivity contribution in [2.45, 2.75) is 0 Å². The molecule has 3 heteroatoms. The number of hydrogen-bond acceptors (Lipinski definition) is 3. The van der Waals surface area contributed by atoms with Gasteiger partial charge in [-0.2, -0.15) is 0 Å². The normalized spacial score (nSPS) is 10.6. The van der Waals surface area contributed by atoms with Crippen molar-refractivity contribution < 1.29 is 9.47 Å². The van der Waals surface area contributed by atoms with Crippen LogP contribution in [-0.4, -0.2) is 14.2 Å². The fourth-order valence-corrected chi connectivity index (χ4v) is 3.12. The lowest BCUT2D eigenvalue weighted by molar-refractivity contribution is 0.394. The smallest absolute Gasteiger partial charge is 0.123 e. The number of benzene rings is 2.